The van der Waals surface area contributed by atoms with Gasteiger partial charge < -0.3 is 0 Å². The maximum atomic E-state index is 11.0. The largest absolute Gasteiger partial charge is 0.294 e. The van der Waals surface area contributed by atoms with E-state index in [0.29, 0.717) is 0 Å². The quantitative estimate of drug-likeness (QED) is 0.721. The molecule has 0 bridgehead atoms. The van der Waals surface area contributed by atoms with E-state index in [-0.39, 0.29) is 5.78 Å². The lowest BCUT2D eigenvalue weighted by molar-refractivity contribution is 0.102. The molecule has 1 heterocycles. The van der Waals surface area contributed by atoms with Crippen LogP contribution in [0.2, 0.25) is 0 Å². The predicted octanol–water partition coefficient (Wildman–Crippen LogP) is 3.78. The van der Waals surface area contributed by atoms with Gasteiger partial charge in [0.2, 0.25) is 0 Å². The van der Waals surface area contributed by atoms with Crippen LogP contribution in [0, 0.1) is 6.92 Å². The fourth-order valence-corrected chi connectivity index (χ4v) is 3.32. The zero-order valence-electron chi connectivity index (χ0n) is 6.07. The van der Waals surface area contributed by atoms with Crippen LogP contribution >= 0.6 is 43.2 Å². The Morgan fingerprint density at radius 3 is 2.18 bits per heavy atom. The number of rotatable bonds is 1. The third-order valence-electron chi connectivity index (χ3n) is 1.33. The van der Waals surface area contributed by atoms with Crippen LogP contribution in [0.3, 0.4) is 0 Å². The van der Waals surface area contributed by atoms with Gasteiger partial charge in [0, 0.05) is 4.47 Å². The van der Waals surface area contributed by atoms with Crippen molar-refractivity contribution >= 4 is 49.0 Å². The van der Waals surface area contributed by atoms with Crippen molar-refractivity contribution in [1.82, 2.24) is 0 Å². The highest BCUT2D eigenvalue weighted by atomic mass is 79.9. The first-order valence-corrected chi connectivity index (χ1v) is 5.39. The summed E-state index contributed by atoms with van der Waals surface area (Å²) in [4.78, 5) is 11.8. The number of carbonyl (C=O) groups excluding carboxylic acids is 1. The first-order chi connectivity index (χ1) is 5.04. The van der Waals surface area contributed by atoms with Crippen molar-refractivity contribution in [3.63, 3.8) is 0 Å². The third-order valence-corrected chi connectivity index (χ3v) is 4.85. The first kappa shape index (κ1) is 9.42. The lowest BCUT2D eigenvalue weighted by Gasteiger charge is -1.89. The summed E-state index contributed by atoms with van der Waals surface area (Å²) < 4.78 is 1.94. The van der Waals surface area contributed by atoms with E-state index >= 15 is 0 Å². The Morgan fingerprint density at radius 1 is 1.45 bits per heavy atom. The minimum absolute atomic E-state index is 0.107. The molecule has 0 spiro atoms. The molecule has 60 valence electrons. The summed E-state index contributed by atoms with van der Waals surface area (Å²) in [5.41, 5.74) is 1.10. The van der Waals surface area contributed by atoms with Crippen molar-refractivity contribution in [3.8, 4) is 0 Å². The standard InChI is InChI=1S/C7H6Br2OS/c1-3-5(8)6(4(2)10)11-7(3)9/h1-2H3. The minimum Gasteiger partial charge on any atom is -0.294 e. The van der Waals surface area contributed by atoms with E-state index in [1.165, 1.54) is 11.3 Å². The average molecular weight is 298 g/mol. The Bertz CT molecular complexity index is 304. The van der Waals surface area contributed by atoms with E-state index in [0.717, 1.165) is 18.7 Å². The van der Waals surface area contributed by atoms with Gasteiger partial charge in [-0.15, -0.1) is 11.3 Å². The van der Waals surface area contributed by atoms with E-state index in [2.05, 4.69) is 31.9 Å². The Morgan fingerprint density at radius 2 is 2.00 bits per heavy atom. The van der Waals surface area contributed by atoms with E-state index in [4.69, 9.17) is 0 Å². The molecule has 0 atom stereocenters. The van der Waals surface area contributed by atoms with Gasteiger partial charge in [0.25, 0.3) is 0 Å². The molecule has 0 N–H and O–H groups in total. The van der Waals surface area contributed by atoms with Crippen LogP contribution in [0.4, 0.5) is 0 Å². The van der Waals surface area contributed by atoms with Gasteiger partial charge in [0.1, 0.15) is 0 Å². The Kier molecular flexibility index (Phi) is 2.89. The van der Waals surface area contributed by atoms with Crippen LogP contribution in [-0.4, -0.2) is 5.78 Å². The molecule has 1 rings (SSSR count). The summed E-state index contributed by atoms with van der Waals surface area (Å²) in [7, 11) is 0. The summed E-state index contributed by atoms with van der Waals surface area (Å²) in [5, 5.41) is 0. The molecule has 0 aliphatic carbocycles. The zero-order valence-corrected chi connectivity index (χ0v) is 10.1. The molecular weight excluding hydrogens is 292 g/mol. The molecule has 0 aliphatic heterocycles. The molecule has 0 saturated heterocycles. The Balaban J connectivity index is 3.29. The molecule has 1 aromatic rings. The van der Waals surface area contributed by atoms with Crippen molar-refractivity contribution < 1.29 is 4.79 Å². The topological polar surface area (TPSA) is 17.1 Å². The monoisotopic (exact) mass is 296 g/mol. The van der Waals surface area contributed by atoms with E-state index < -0.39 is 0 Å². The predicted molar refractivity (Wildman–Crippen MR) is 54.5 cm³/mol. The normalized spacial score (nSPS) is 10.2. The molecular formula is C7H6Br2OS. The highest BCUT2D eigenvalue weighted by molar-refractivity contribution is 9.11. The minimum atomic E-state index is 0.107. The van der Waals surface area contributed by atoms with Crippen LogP contribution in [0.25, 0.3) is 0 Å². The average Bonchev–Trinajstić information content (AvgIpc) is 2.17. The zero-order chi connectivity index (χ0) is 8.59. The molecule has 0 aromatic carbocycles. The SMILES string of the molecule is CC(=O)c1sc(Br)c(C)c1Br. The molecule has 0 amide bonds. The number of Topliss-reactive ketones (excluding diaryl/α,β-unsaturated/α-hetero) is 1. The van der Waals surface area contributed by atoms with E-state index in [1.807, 2.05) is 6.92 Å². The number of hydrogen-bond donors (Lipinski definition) is 0. The van der Waals surface area contributed by atoms with Crippen LogP contribution in [-0.2, 0) is 0 Å². The van der Waals surface area contributed by atoms with E-state index in [1.54, 1.807) is 6.92 Å². The number of ketones is 1. The maximum Gasteiger partial charge on any atom is 0.170 e. The van der Waals surface area contributed by atoms with Crippen molar-refractivity contribution in [2.75, 3.05) is 0 Å². The Hall–Kier alpha value is 0.330. The van der Waals surface area contributed by atoms with Crippen molar-refractivity contribution in [2.24, 2.45) is 0 Å². The lowest BCUT2D eigenvalue weighted by atomic mass is 10.3. The van der Waals surface area contributed by atoms with Gasteiger partial charge in [-0.05, 0) is 51.3 Å². The summed E-state index contributed by atoms with van der Waals surface area (Å²) >= 11 is 8.20. The fraction of sp³-hybridized carbons (Fsp3) is 0.286. The second-order valence-electron chi connectivity index (χ2n) is 2.20. The smallest absolute Gasteiger partial charge is 0.170 e. The number of carbonyl (C=O) groups is 1. The highest BCUT2D eigenvalue weighted by Crippen LogP contribution is 2.36. The molecule has 0 fully saturated rings. The van der Waals surface area contributed by atoms with E-state index in [9.17, 15) is 4.79 Å². The lowest BCUT2D eigenvalue weighted by Crippen LogP contribution is -1.86. The van der Waals surface area contributed by atoms with Crippen molar-refractivity contribution in [1.29, 1.82) is 0 Å². The van der Waals surface area contributed by atoms with Gasteiger partial charge in [-0.1, -0.05) is 0 Å². The van der Waals surface area contributed by atoms with Crippen LogP contribution < -0.4 is 0 Å². The summed E-state index contributed by atoms with van der Waals surface area (Å²) in [6.07, 6.45) is 0. The molecule has 1 nitrogen and oxygen atoms in total. The molecule has 0 radical (unpaired) electrons. The van der Waals surface area contributed by atoms with Gasteiger partial charge in [0.15, 0.2) is 5.78 Å². The second-order valence-corrected chi connectivity index (χ2v) is 5.33. The van der Waals surface area contributed by atoms with Gasteiger partial charge >= 0.3 is 0 Å². The number of hydrogen-bond acceptors (Lipinski definition) is 2. The third kappa shape index (κ3) is 1.73. The highest BCUT2D eigenvalue weighted by Gasteiger charge is 2.13. The van der Waals surface area contributed by atoms with Crippen molar-refractivity contribution in [2.45, 2.75) is 13.8 Å². The van der Waals surface area contributed by atoms with Gasteiger partial charge in [0.05, 0.1) is 8.66 Å². The van der Waals surface area contributed by atoms with Crippen LogP contribution in [0.5, 0.6) is 0 Å². The number of halogens is 2. The van der Waals surface area contributed by atoms with Crippen LogP contribution in [0.1, 0.15) is 22.2 Å². The summed E-state index contributed by atoms with van der Waals surface area (Å²) in [5.74, 6) is 0.107. The molecule has 0 unspecified atom stereocenters. The molecule has 0 aliphatic rings. The Labute approximate surface area is 86.1 Å². The molecule has 11 heavy (non-hydrogen) atoms. The van der Waals surface area contributed by atoms with Gasteiger partial charge in [-0.2, -0.15) is 0 Å². The fourth-order valence-electron chi connectivity index (χ4n) is 0.694. The summed E-state index contributed by atoms with van der Waals surface area (Å²) in [6.45, 7) is 3.54. The first-order valence-electron chi connectivity index (χ1n) is 2.99. The number of thiophene rings is 1. The molecule has 4 heteroatoms. The molecule has 1 aromatic heterocycles. The van der Waals surface area contributed by atoms with Gasteiger partial charge in [-0.3, -0.25) is 4.79 Å². The maximum absolute atomic E-state index is 11.0. The van der Waals surface area contributed by atoms with Crippen molar-refractivity contribution in [3.05, 3.63) is 18.7 Å². The molecule has 0 saturated carbocycles. The summed E-state index contributed by atoms with van der Waals surface area (Å²) in [6, 6.07) is 0. The van der Waals surface area contributed by atoms with Crippen LogP contribution in [0.15, 0.2) is 8.26 Å². The van der Waals surface area contributed by atoms with Gasteiger partial charge in [-0.25, -0.2) is 0 Å². The second kappa shape index (κ2) is 3.37.